The van der Waals surface area contributed by atoms with Gasteiger partial charge in [0.15, 0.2) is 0 Å². The van der Waals surface area contributed by atoms with Crippen molar-refractivity contribution < 1.29 is 33.7 Å². The van der Waals surface area contributed by atoms with Gasteiger partial charge in [0.2, 0.25) is 0 Å². The lowest BCUT2D eigenvalue weighted by Gasteiger charge is -2.41. The Bertz CT molecular complexity index is 2400. The Morgan fingerprint density at radius 1 is 0.783 bits per heavy atom. The van der Waals surface area contributed by atoms with Gasteiger partial charge in [-0.05, 0) is 121 Å². The van der Waals surface area contributed by atoms with Gasteiger partial charge in [-0.15, -0.1) is 0 Å². The van der Waals surface area contributed by atoms with E-state index in [4.69, 9.17) is 14.2 Å². The molecule has 3 amide bonds. The van der Waals surface area contributed by atoms with Crippen molar-refractivity contribution in [1.29, 1.82) is 0 Å². The van der Waals surface area contributed by atoms with E-state index < -0.39 is 6.09 Å². The maximum atomic E-state index is 15.5. The van der Waals surface area contributed by atoms with E-state index in [2.05, 4.69) is 33.7 Å². The SMILES string of the molecule is COc1ccc(OC(=O)N2CCc3cc(-c4cc(C(=O)N(C)c5ccc(O)cc5)c5n4CCCC5)c(C(=O)N4Cc5ccccc5C[C@H]4CN4CCOCC4)cc3C2)cc1. The van der Waals surface area contributed by atoms with Crippen molar-refractivity contribution in [3.8, 4) is 28.5 Å². The topological polar surface area (TPSA) is 117 Å². The van der Waals surface area contributed by atoms with Gasteiger partial charge in [0.25, 0.3) is 11.8 Å². The average Bonchev–Trinajstić information content (AvgIpc) is 3.68. The zero-order chi connectivity index (χ0) is 41.3. The Balaban J connectivity index is 1.12. The van der Waals surface area contributed by atoms with Crippen molar-refractivity contribution in [3.05, 3.63) is 130 Å². The number of aromatic hydroxyl groups is 1. The lowest BCUT2D eigenvalue weighted by atomic mass is 9.89. The fourth-order valence-electron chi connectivity index (χ4n) is 9.25. The molecule has 60 heavy (non-hydrogen) atoms. The number of morpholine rings is 1. The number of phenols is 1. The van der Waals surface area contributed by atoms with Gasteiger partial charge in [-0.2, -0.15) is 0 Å². The molecule has 1 saturated heterocycles. The first-order valence-electron chi connectivity index (χ1n) is 21.0. The Hall–Kier alpha value is -6.11. The molecule has 5 heterocycles. The van der Waals surface area contributed by atoms with E-state index in [1.807, 2.05) is 23.1 Å². The highest BCUT2D eigenvalue weighted by Crippen LogP contribution is 2.38. The van der Waals surface area contributed by atoms with E-state index in [9.17, 15) is 14.7 Å². The second-order valence-corrected chi connectivity index (χ2v) is 16.2. The van der Waals surface area contributed by atoms with Gasteiger partial charge in [-0.25, -0.2) is 4.79 Å². The molecule has 12 heteroatoms. The highest BCUT2D eigenvalue weighted by molar-refractivity contribution is 6.08. The number of carbonyl (C=O) groups excluding carboxylic acids is 3. The summed E-state index contributed by atoms with van der Waals surface area (Å²) in [5, 5.41) is 9.92. The van der Waals surface area contributed by atoms with Crippen LogP contribution in [0.1, 0.15) is 61.5 Å². The van der Waals surface area contributed by atoms with Crippen LogP contribution in [-0.4, -0.2) is 102 Å². The summed E-state index contributed by atoms with van der Waals surface area (Å²) in [6, 6.07) is 28.0. The zero-order valence-electron chi connectivity index (χ0n) is 34.3. The van der Waals surface area contributed by atoms with Crippen LogP contribution in [0.2, 0.25) is 0 Å². The number of benzene rings is 4. The molecule has 0 bridgehead atoms. The Morgan fingerprint density at radius 3 is 2.30 bits per heavy atom. The van der Waals surface area contributed by atoms with Crippen LogP contribution in [0.3, 0.4) is 0 Å². The number of hydrogen-bond acceptors (Lipinski definition) is 8. The first-order valence-corrected chi connectivity index (χ1v) is 21.0. The minimum absolute atomic E-state index is 0.0670. The maximum absolute atomic E-state index is 15.5. The molecule has 5 aromatic rings. The van der Waals surface area contributed by atoms with Crippen molar-refractivity contribution in [2.45, 2.75) is 57.8 Å². The van der Waals surface area contributed by atoms with Crippen LogP contribution in [0.25, 0.3) is 11.3 Å². The van der Waals surface area contributed by atoms with Gasteiger partial charge in [0.1, 0.15) is 17.2 Å². The number of nitrogens with zero attached hydrogens (tertiary/aromatic N) is 5. The molecule has 1 aromatic heterocycles. The number of carbonyl (C=O) groups is 3. The highest BCUT2D eigenvalue weighted by Gasteiger charge is 2.36. The molecule has 0 unspecified atom stereocenters. The van der Waals surface area contributed by atoms with Gasteiger partial charge in [-0.3, -0.25) is 14.5 Å². The van der Waals surface area contributed by atoms with Crippen LogP contribution >= 0.6 is 0 Å². The molecule has 1 atom stereocenters. The molecule has 1 N–H and O–H groups in total. The van der Waals surface area contributed by atoms with Crippen LogP contribution in [0.5, 0.6) is 17.2 Å². The number of fused-ring (bicyclic) bond motifs is 3. The lowest BCUT2D eigenvalue weighted by Crippen LogP contribution is -2.52. The second-order valence-electron chi connectivity index (χ2n) is 16.2. The predicted molar refractivity (Wildman–Crippen MR) is 228 cm³/mol. The number of ether oxygens (including phenoxy) is 3. The van der Waals surface area contributed by atoms with E-state index in [0.717, 1.165) is 85.5 Å². The van der Waals surface area contributed by atoms with Gasteiger partial charge in [-0.1, -0.05) is 24.3 Å². The number of hydrogen-bond donors (Lipinski definition) is 1. The van der Waals surface area contributed by atoms with Gasteiger partial charge < -0.3 is 38.6 Å². The first kappa shape index (κ1) is 39.4. The molecule has 4 aromatic carbocycles. The van der Waals surface area contributed by atoms with Crippen molar-refractivity contribution in [1.82, 2.24) is 19.3 Å². The van der Waals surface area contributed by atoms with Gasteiger partial charge >= 0.3 is 6.09 Å². The number of methoxy groups -OCH3 is 1. The largest absolute Gasteiger partial charge is 0.508 e. The summed E-state index contributed by atoms with van der Waals surface area (Å²) in [5.74, 6) is 1.01. The van der Waals surface area contributed by atoms with Crippen molar-refractivity contribution in [2.75, 3.05) is 58.5 Å². The molecule has 4 aliphatic rings. The van der Waals surface area contributed by atoms with E-state index in [0.29, 0.717) is 67.6 Å². The quantitative estimate of drug-likeness (QED) is 0.179. The monoisotopic (exact) mass is 809 g/mol. The van der Waals surface area contributed by atoms with Crippen LogP contribution in [0, 0.1) is 0 Å². The molecule has 12 nitrogen and oxygen atoms in total. The fourth-order valence-corrected chi connectivity index (χ4v) is 9.25. The van der Waals surface area contributed by atoms with Crippen LogP contribution in [0.4, 0.5) is 10.5 Å². The Kier molecular flexibility index (Phi) is 11.1. The minimum Gasteiger partial charge on any atom is -0.508 e. The number of aromatic nitrogens is 1. The van der Waals surface area contributed by atoms with Crippen molar-refractivity contribution >= 4 is 23.6 Å². The van der Waals surface area contributed by atoms with Gasteiger partial charge in [0.05, 0.1) is 25.9 Å². The van der Waals surface area contributed by atoms with Crippen LogP contribution in [-0.2, 0) is 43.6 Å². The molecule has 0 spiro atoms. The second kappa shape index (κ2) is 16.9. The van der Waals surface area contributed by atoms with Crippen LogP contribution < -0.4 is 14.4 Å². The number of phenolic OH excluding ortho intramolecular Hbond substituents is 1. The number of amides is 3. The molecular weight excluding hydrogens is 759 g/mol. The van der Waals surface area contributed by atoms with E-state index >= 15 is 4.79 Å². The smallest absolute Gasteiger partial charge is 0.415 e. The predicted octanol–water partition coefficient (Wildman–Crippen LogP) is 6.94. The molecule has 0 radical (unpaired) electrons. The molecule has 9 rings (SSSR count). The first-order chi connectivity index (χ1) is 29.2. The summed E-state index contributed by atoms with van der Waals surface area (Å²) in [6.07, 6.45) is 3.53. The lowest BCUT2D eigenvalue weighted by molar-refractivity contribution is 0.0193. The van der Waals surface area contributed by atoms with E-state index in [1.165, 1.54) is 5.56 Å². The Labute approximate surface area is 350 Å². The van der Waals surface area contributed by atoms with Crippen LogP contribution in [0.15, 0.2) is 91.0 Å². The van der Waals surface area contributed by atoms with E-state index in [-0.39, 0.29) is 23.6 Å². The van der Waals surface area contributed by atoms with E-state index in [1.54, 1.807) is 72.5 Å². The maximum Gasteiger partial charge on any atom is 0.415 e. The average molecular weight is 810 g/mol. The van der Waals surface area contributed by atoms with Crippen molar-refractivity contribution in [2.24, 2.45) is 0 Å². The summed E-state index contributed by atoms with van der Waals surface area (Å²) in [6.45, 7) is 5.67. The zero-order valence-corrected chi connectivity index (χ0v) is 34.3. The highest BCUT2D eigenvalue weighted by atomic mass is 16.6. The summed E-state index contributed by atoms with van der Waals surface area (Å²) < 4.78 is 19.0. The normalized spacial score (nSPS) is 17.6. The molecule has 0 saturated carbocycles. The summed E-state index contributed by atoms with van der Waals surface area (Å²) in [4.78, 5) is 51.2. The molecule has 0 aliphatic carbocycles. The van der Waals surface area contributed by atoms with Crippen molar-refractivity contribution in [3.63, 3.8) is 0 Å². The third-order valence-electron chi connectivity index (χ3n) is 12.6. The summed E-state index contributed by atoms with van der Waals surface area (Å²) in [7, 11) is 3.34. The molecule has 1 fully saturated rings. The molecule has 310 valence electrons. The minimum atomic E-state index is -0.456. The fraction of sp³-hybridized carbons (Fsp3) is 0.354. The third-order valence-corrected chi connectivity index (χ3v) is 12.6. The standard InChI is InChI=1S/C48H51N5O7/c1-49(36-10-12-38(54)13-11-36)46(55)43-28-45(52-19-6-5-9-44(43)52)41-26-33-18-20-51(48(57)60-40-16-14-39(58-2)15-17-40)29-35(33)27-42(41)47(56)53-30-34-8-4-3-7-32(34)25-37(53)31-50-21-23-59-24-22-50/h3-4,7-8,10-17,26-28,37,54H,5-6,9,18-25,29-31H2,1-2H3/t37-/m0/s1. The third kappa shape index (κ3) is 7.84. The summed E-state index contributed by atoms with van der Waals surface area (Å²) in [5.41, 5.74) is 8.81. The molecular formula is C48H51N5O7. The number of anilines is 1. The van der Waals surface area contributed by atoms with Gasteiger partial charge in [0, 0.05) is 87.1 Å². The number of rotatable bonds is 8. The molecule has 4 aliphatic heterocycles. The summed E-state index contributed by atoms with van der Waals surface area (Å²) >= 11 is 0. The Morgan fingerprint density at radius 2 is 1.53 bits per heavy atom.